The predicted molar refractivity (Wildman–Crippen MR) is 103 cm³/mol. The summed E-state index contributed by atoms with van der Waals surface area (Å²) in [6, 6.07) is 14.4. The van der Waals surface area contributed by atoms with Gasteiger partial charge in [0, 0.05) is 17.1 Å². The van der Waals surface area contributed by atoms with E-state index in [0.717, 1.165) is 20.8 Å². The molecule has 0 aliphatic heterocycles. The number of halogens is 1. The number of phenolic OH excluding ortho intramolecular Hbond substituents is 1. The summed E-state index contributed by atoms with van der Waals surface area (Å²) < 4.78 is 1.89. The number of nitrogens with one attached hydrogen (secondary N) is 1. The summed E-state index contributed by atoms with van der Waals surface area (Å²) in [6.07, 6.45) is 0.541. The van der Waals surface area contributed by atoms with Gasteiger partial charge in [-0.15, -0.1) is 0 Å². The van der Waals surface area contributed by atoms with Crippen LogP contribution in [0.1, 0.15) is 16.1 Å². The SMILES string of the molecule is O=C(NCCc1ccc(O)cc1)c1nn(-c2ccc(Br)cc2)c(=O)cc1O. The highest BCUT2D eigenvalue weighted by Crippen LogP contribution is 2.15. The number of aromatic hydroxyl groups is 2. The van der Waals surface area contributed by atoms with Gasteiger partial charge in [-0.3, -0.25) is 9.59 Å². The van der Waals surface area contributed by atoms with Gasteiger partial charge in [0.05, 0.1) is 5.69 Å². The molecule has 8 heteroatoms. The van der Waals surface area contributed by atoms with Crippen LogP contribution in [-0.2, 0) is 6.42 Å². The molecule has 1 aromatic heterocycles. The molecule has 0 aliphatic rings. The average molecular weight is 430 g/mol. The van der Waals surface area contributed by atoms with Crippen molar-refractivity contribution in [1.29, 1.82) is 0 Å². The summed E-state index contributed by atoms with van der Waals surface area (Å²) >= 11 is 3.31. The molecule has 1 amide bonds. The van der Waals surface area contributed by atoms with Crippen LogP contribution in [0.3, 0.4) is 0 Å². The smallest absolute Gasteiger partial charge is 0.275 e. The first-order chi connectivity index (χ1) is 12.9. The van der Waals surface area contributed by atoms with Gasteiger partial charge in [-0.25, -0.2) is 0 Å². The molecule has 3 aromatic rings. The Labute approximate surface area is 163 Å². The minimum Gasteiger partial charge on any atom is -0.508 e. The number of carbonyl (C=O) groups excluding carboxylic acids is 1. The van der Waals surface area contributed by atoms with Crippen LogP contribution in [0.15, 0.2) is 63.9 Å². The molecule has 3 N–H and O–H groups in total. The fourth-order valence-electron chi connectivity index (χ4n) is 2.44. The fourth-order valence-corrected chi connectivity index (χ4v) is 2.71. The Balaban J connectivity index is 1.75. The van der Waals surface area contributed by atoms with Gasteiger partial charge in [-0.05, 0) is 48.4 Å². The molecule has 0 atom stereocenters. The zero-order chi connectivity index (χ0) is 19.4. The van der Waals surface area contributed by atoms with Gasteiger partial charge >= 0.3 is 0 Å². The lowest BCUT2D eigenvalue weighted by Gasteiger charge is -2.10. The van der Waals surface area contributed by atoms with Gasteiger partial charge in [0.15, 0.2) is 11.4 Å². The minimum atomic E-state index is -0.586. The lowest BCUT2D eigenvalue weighted by Crippen LogP contribution is -2.30. The van der Waals surface area contributed by atoms with Crippen LogP contribution in [0.2, 0.25) is 0 Å². The highest BCUT2D eigenvalue weighted by atomic mass is 79.9. The van der Waals surface area contributed by atoms with E-state index in [0.29, 0.717) is 18.7 Å². The van der Waals surface area contributed by atoms with Crippen LogP contribution in [0, 0.1) is 0 Å². The first-order valence-electron chi connectivity index (χ1n) is 8.09. The lowest BCUT2D eigenvalue weighted by molar-refractivity contribution is 0.0944. The van der Waals surface area contributed by atoms with Crippen LogP contribution in [0.4, 0.5) is 0 Å². The van der Waals surface area contributed by atoms with Gasteiger partial charge in [0.2, 0.25) is 0 Å². The van der Waals surface area contributed by atoms with E-state index in [1.807, 2.05) is 0 Å². The Morgan fingerprint density at radius 1 is 1.07 bits per heavy atom. The van der Waals surface area contributed by atoms with Gasteiger partial charge in [-0.2, -0.15) is 9.78 Å². The molecule has 1 heterocycles. The van der Waals surface area contributed by atoms with Gasteiger partial charge in [0.1, 0.15) is 5.75 Å². The molecular formula is C19H16BrN3O4. The van der Waals surface area contributed by atoms with Crippen LogP contribution in [0.5, 0.6) is 11.5 Å². The standard InChI is InChI=1S/C19H16BrN3O4/c20-13-3-5-14(6-4-13)23-17(26)11-16(25)18(22-23)19(27)21-10-9-12-1-7-15(24)8-2-12/h1-8,11,24-25H,9-10H2,(H,21,27). The van der Waals surface area contributed by atoms with Crippen molar-refractivity contribution < 1.29 is 15.0 Å². The van der Waals surface area contributed by atoms with Crippen molar-refractivity contribution in [1.82, 2.24) is 15.1 Å². The van der Waals surface area contributed by atoms with E-state index < -0.39 is 17.2 Å². The Hall–Kier alpha value is -3.13. The topological polar surface area (TPSA) is 104 Å². The van der Waals surface area contributed by atoms with Crippen molar-refractivity contribution in [3.05, 3.63) is 80.7 Å². The van der Waals surface area contributed by atoms with Crippen molar-refractivity contribution in [2.75, 3.05) is 6.54 Å². The van der Waals surface area contributed by atoms with E-state index in [2.05, 4.69) is 26.3 Å². The lowest BCUT2D eigenvalue weighted by atomic mass is 10.1. The van der Waals surface area contributed by atoms with E-state index in [4.69, 9.17) is 0 Å². The van der Waals surface area contributed by atoms with E-state index in [1.165, 1.54) is 0 Å². The Bertz CT molecular complexity index is 1010. The molecular weight excluding hydrogens is 414 g/mol. The number of nitrogens with zero attached hydrogens (tertiary/aromatic N) is 2. The van der Waals surface area contributed by atoms with Crippen molar-refractivity contribution in [2.24, 2.45) is 0 Å². The van der Waals surface area contributed by atoms with E-state index in [1.54, 1.807) is 48.5 Å². The number of rotatable bonds is 5. The maximum atomic E-state index is 12.4. The molecule has 0 radical (unpaired) electrons. The molecule has 138 valence electrons. The highest BCUT2D eigenvalue weighted by molar-refractivity contribution is 9.10. The molecule has 0 aliphatic carbocycles. The number of amides is 1. The first kappa shape index (κ1) is 18.7. The number of hydrogen-bond donors (Lipinski definition) is 3. The highest BCUT2D eigenvalue weighted by Gasteiger charge is 2.16. The Morgan fingerprint density at radius 2 is 1.74 bits per heavy atom. The summed E-state index contributed by atoms with van der Waals surface area (Å²) in [5, 5.41) is 25.9. The molecule has 0 saturated heterocycles. The third kappa shape index (κ3) is 4.53. The predicted octanol–water partition coefficient (Wildman–Crippen LogP) is 2.38. The van der Waals surface area contributed by atoms with Crippen LogP contribution < -0.4 is 10.9 Å². The monoisotopic (exact) mass is 429 g/mol. The molecule has 0 saturated carbocycles. The second kappa shape index (κ2) is 8.05. The summed E-state index contributed by atoms with van der Waals surface area (Å²) in [7, 11) is 0. The van der Waals surface area contributed by atoms with E-state index in [9.17, 15) is 19.8 Å². The maximum absolute atomic E-state index is 12.4. The van der Waals surface area contributed by atoms with Crippen molar-refractivity contribution >= 4 is 21.8 Å². The average Bonchev–Trinajstić information content (AvgIpc) is 2.64. The second-order valence-electron chi connectivity index (χ2n) is 5.78. The third-order valence-electron chi connectivity index (χ3n) is 3.83. The van der Waals surface area contributed by atoms with Gasteiger partial charge in [-0.1, -0.05) is 28.1 Å². The number of hydrogen-bond acceptors (Lipinski definition) is 5. The zero-order valence-electron chi connectivity index (χ0n) is 14.1. The number of carbonyl (C=O) groups is 1. The van der Waals surface area contributed by atoms with Crippen molar-refractivity contribution in [3.8, 4) is 17.2 Å². The van der Waals surface area contributed by atoms with E-state index in [-0.39, 0.29) is 11.4 Å². The Morgan fingerprint density at radius 3 is 2.41 bits per heavy atom. The molecule has 0 unspecified atom stereocenters. The van der Waals surface area contributed by atoms with Gasteiger partial charge in [0.25, 0.3) is 11.5 Å². The summed E-state index contributed by atoms with van der Waals surface area (Å²) in [5.74, 6) is -0.889. The quantitative estimate of drug-likeness (QED) is 0.577. The largest absolute Gasteiger partial charge is 0.508 e. The van der Waals surface area contributed by atoms with Crippen LogP contribution in [-0.4, -0.2) is 32.4 Å². The molecule has 7 nitrogen and oxygen atoms in total. The molecule has 2 aromatic carbocycles. The van der Waals surface area contributed by atoms with Crippen molar-refractivity contribution in [3.63, 3.8) is 0 Å². The van der Waals surface area contributed by atoms with Gasteiger partial charge < -0.3 is 15.5 Å². The molecule has 3 rings (SSSR count). The summed E-state index contributed by atoms with van der Waals surface area (Å²) in [4.78, 5) is 24.5. The summed E-state index contributed by atoms with van der Waals surface area (Å²) in [6.45, 7) is 0.308. The molecule has 0 fully saturated rings. The number of aromatic nitrogens is 2. The maximum Gasteiger partial charge on any atom is 0.275 e. The second-order valence-corrected chi connectivity index (χ2v) is 6.69. The fraction of sp³-hybridized carbons (Fsp3) is 0.105. The minimum absolute atomic E-state index is 0.173. The molecule has 0 bridgehead atoms. The molecule has 0 spiro atoms. The zero-order valence-corrected chi connectivity index (χ0v) is 15.7. The Kier molecular flexibility index (Phi) is 5.56. The van der Waals surface area contributed by atoms with E-state index >= 15 is 0 Å². The number of phenols is 1. The third-order valence-corrected chi connectivity index (χ3v) is 4.36. The number of benzene rings is 2. The van der Waals surface area contributed by atoms with Crippen molar-refractivity contribution in [2.45, 2.75) is 6.42 Å². The molecule has 27 heavy (non-hydrogen) atoms. The first-order valence-corrected chi connectivity index (χ1v) is 8.89. The van der Waals surface area contributed by atoms with Crippen LogP contribution >= 0.6 is 15.9 Å². The summed E-state index contributed by atoms with van der Waals surface area (Å²) in [5.41, 5.74) is 0.630. The normalized spacial score (nSPS) is 10.6. The van der Waals surface area contributed by atoms with Crippen LogP contribution in [0.25, 0.3) is 5.69 Å².